The molecular formula is C17H27N5O3. The number of amides is 1. The second-order valence-electron chi connectivity index (χ2n) is 7.05. The maximum absolute atomic E-state index is 11.7. The van der Waals surface area contributed by atoms with Gasteiger partial charge in [-0.25, -0.2) is 4.98 Å². The Labute approximate surface area is 147 Å². The van der Waals surface area contributed by atoms with Gasteiger partial charge in [0.05, 0.1) is 11.7 Å². The Hall–Kier alpha value is -1.93. The van der Waals surface area contributed by atoms with Crippen LogP contribution in [0.15, 0.2) is 6.20 Å². The van der Waals surface area contributed by atoms with Crippen molar-refractivity contribution in [1.82, 2.24) is 9.97 Å². The van der Waals surface area contributed by atoms with Crippen LogP contribution in [0.25, 0.3) is 0 Å². The number of aromatic nitrogens is 2. The molecule has 2 fully saturated rings. The Bertz CT molecular complexity index is 606. The van der Waals surface area contributed by atoms with Gasteiger partial charge in [0.2, 0.25) is 5.95 Å². The average molecular weight is 349 g/mol. The molecule has 1 aromatic heterocycles. The highest BCUT2D eigenvalue weighted by molar-refractivity contribution is 5.97. The first kappa shape index (κ1) is 17.9. The fourth-order valence-corrected chi connectivity index (χ4v) is 3.39. The van der Waals surface area contributed by atoms with Crippen molar-refractivity contribution in [2.24, 2.45) is 11.7 Å². The monoisotopic (exact) mass is 349 g/mol. The molecule has 1 aliphatic carbocycles. The molecule has 1 saturated carbocycles. The number of primary amides is 1. The van der Waals surface area contributed by atoms with E-state index in [1.54, 1.807) is 0 Å². The van der Waals surface area contributed by atoms with Crippen molar-refractivity contribution < 1.29 is 14.6 Å². The van der Waals surface area contributed by atoms with Gasteiger partial charge in [-0.15, -0.1) is 0 Å². The lowest BCUT2D eigenvalue weighted by Crippen LogP contribution is -2.36. The number of hydrogen-bond acceptors (Lipinski definition) is 7. The molecule has 8 nitrogen and oxygen atoms in total. The molecule has 5 N–H and O–H groups in total. The number of nitrogens with two attached hydrogens (primary N) is 1. The van der Waals surface area contributed by atoms with Gasteiger partial charge in [-0.05, 0) is 38.0 Å². The fourth-order valence-electron chi connectivity index (χ4n) is 3.39. The van der Waals surface area contributed by atoms with Crippen LogP contribution in [0.3, 0.4) is 0 Å². The van der Waals surface area contributed by atoms with E-state index in [1.165, 1.54) is 6.20 Å². The molecule has 3 atom stereocenters. The average Bonchev–Trinajstić information content (AvgIpc) is 2.59. The lowest BCUT2D eigenvalue weighted by atomic mass is 9.85. The van der Waals surface area contributed by atoms with Gasteiger partial charge in [0.15, 0.2) is 0 Å². The topological polar surface area (TPSA) is 122 Å². The Morgan fingerprint density at radius 2 is 2.00 bits per heavy atom. The summed E-state index contributed by atoms with van der Waals surface area (Å²) in [6.07, 6.45) is 5.40. The summed E-state index contributed by atoms with van der Waals surface area (Å²) in [7, 11) is 0. The molecule has 0 bridgehead atoms. The van der Waals surface area contributed by atoms with E-state index in [9.17, 15) is 9.90 Å². The third-order valence-corrected chi connectivity index (χ3v) is 5.10. The predicted molar refractivity (Wildman–Crippen MR) is 94.4 cm³/mol. The summed E-state index contributed by atoms with van der Waals surface area (Å²) in [5.74, 6) is 0.641. The quantitative estimate of drug-likeness (QED) is 0.628. The van der Waals surface area contributed by atoms with Crippen LogP contribution in [-0.2, 0) is 4.74 Å². The van der Waals surface area contributed by atoms with Crippen LogP contribution in [-0.4, -0.2) is 52.4 Å². The Balaban J connectivity index is 1.73. The number of aliphatic hydroxyl groups excluding tert-OH is 1. The van der Waals surface area contributed by atoms with Gasteiger partial charge in [-0.1, -0.05) is 6.92 Å². The lowest BCUT2D eigenvalue weighted by molar-refractivity contribution is 0.0739. The highest BCUT2D eigenvalue weighted by Gasteiger charge is 2.27. The smallest absolute Gasteiger partial charge is 0.254 e. The Morgan fingerprint density at radius 1 is 1.24 bits per heavy atom. The van der Waals surface area contributed by atoms with Crippen molar-refractivity contribution in [3.05, 3.63) is 11.8 Å². The molecule has 1 aromatic rings. The molecule has 25 heavy (non-hydrogen) atoms. The molecule has 8 heteroatoms. The van der Waals surface area contributed by atoms with Gasteiger partial charge >= 0.3 is 0 Å². The van der Waals surface area contributed by atoms with Gasteiger partial charge < -0.3 is 26.2 Å². The van der Waals surface area contributed by atoms with Crippen molar-refractivity contribution in [1.29, 1.82) is 0 Å². The van der Waals surface area contributed by atoms with E-state index < -0.39 is 5.91 Å². The highest BCUT2D eigenvalue weighted by Crippen LogP contribution is 2.27. The third-order valence-electron chi connectivity index (χ3n) is 5.10. The van der Waals surface area contributed by atoms with Crippen molar-refractivity contribution in [2.75, 3.05) is 23.8 Å². The van der Waals surface area contributed by atoms with Crippen molar-refractivity contribution in [3.63, 3.8) is 0 Å². The van der Waals surface area contributed by atoms with E-state index >= 15 is 0 Å². The summed E-state index contributed by atoms with van der Waals surface area (Å²) in [6, 6.07) is 0.327. The van der Waals surface area contributed by atoms with E-state index in [2.05, 4.69) is 27.5 Å². The number of carbonyl (C=O) groups is 1. The molecule has 1 aliphatic heterocycles. The zero-order valence-corrected chi connectivity index (χ0v) is 14.6. The Kier molecular flexibility index (Phi) is 5.70. The summed E-state index contributed by atoms with van der Waals surface area (Å²) < 4.78 is 5.35. The minimum absolute atomic E-state index is 0.0649. The van der Waals surface area contributed by atoms with Crippen molar-refractivity contribution in [2.45, 2.75) is 57.2 Å². The van der Waals surface area contributed by atoms with E-state index in [0.717, 1.165) is 38.9 Å². The molecule has 3 rings (SSSR count). The maximum Gasteiger partial charge on any atom is 0.254 e. The van der Waals surface area contributed by atoms with Gasteiger partial charge in [-0.3, -0.25) is 4.79 Å². The second kappa shape index (κ2) is 7.97. The summed E-state index contributed by atoms with van der Waals surface area (Å²) in [4.78, 5) is 20.4. The number of ether oxygens (including phenoxy) is 1. The number of carbonyl (C=O) groups excluding carboxylic acids is 1. The lowest BCUT2D eigenvalue weighted by Gasteiger charge is -2.32. The van der Waals surface area contributed by atoms with Crippen LogP contribution in [0.2, 0.25) is 0 Å². The summed E-state index contributed by atoms with van der Waals surface area (Å²) in [6.45, 7) is 3.50. The van der Waals surface area contributed by atoms with E-state index in [1.807, 2.05) is 0 Å². The fraction of sp³-hybridized carbons (Fsp3) is 0.706. The second-order valence-corrected chi connectivity index (χ2v) is 7.05. The molecular weight excluding hydrogens is 322 g/mol. The molecule has 1 amide bonds. The van der Waals surface area contributed by atoms with Crippen LogP contribution < -0.4 is 16.4 Å². The summed E-state index contributed by atoms with van der Waals surface area (Å²) in [5.41, 5.74) is 5.73. The van der Waals surface area contributed by atoms with Gasteiger partial charge in [0.25, 0.3) is 5.91 Å². The molecule has 0 radical (unpaired) electrons. The van der Waals surface area contributed by atoms with Gasteiger partial charge in [0, 0.05) is 31.5 Å². The molecule has 0 aromatic carbocycles. The number of hydrogen-bond donors (Lipinski definition) is 4. The molecule has 0 spiro atoms. The number of anilines is 2. The van der Waals surface area contributed by atoms with Gasteiger partial charge in [0.1, 0.15) is 5.82 Å². The van der Waals surface area contributed by atoms with E-state index in [-0.39, 0.29) is 23.8 Å². The van der Waals surface area contributed by atoms with Crippen molar-refractivity contribution >= 4 is 17.7 Å². The molecule has 1 unspecified atom stereocenters. The maximum atomic E-state index is 11.7. The molecule has 2 heterocycles. The van der Waals surface area contributed by atoms with Crippen molar-refractivity contribution in [3.8, 4) is 0 Å². The highest BCUT2D eigenvalue weighted by atomic mass is 16.5. The largest absolute Gasteiger partial charge is 0.393 e. The normalized spacial score (nSPS) is 27.7. The number of rotatable bonds is 5. The van der Waals surface area contributed by atoms with E-state index in [4.69, 9.17) is 10.5 Å². The summed E-state index contributed by atoms with van der Waals surface area (Å²) in [5, 5.41) is 16.7. The Morgan fingerprint density at radius 3 is 2.68 bits per heavy atom. The first-order valence-electron chi connectivity index (χ1n) is 8.98. The van der Waals surface area contributed by atoms with Crippen LogP contribution in [0.5, 0.6) is 0 Å². The third kappa shape index (κ3) is 4.58. The molecule has 2 aliphatic rings. The van der Waals surface area contributed by atoms with E-state index in [0.29, 0.717) is 24.1 Å². The SMILES string of the molecule is C[C@@H]1CCC(Nc2nc(NC3CCOCC3)ncc2C(N)=O)C[C@H]1O. The molecule has 1 saturated heterocycles. The van der Waals surface area contributed by atoms with Crippen LogP contribution >= 0.6 is 0 Å². The predicted octanol–water partition coefficient (Wildman–Crippen LogP) is 1.13. The minimum atomic E-state index is -0.565. The number of nitrogens with one attached hydrogen (secondary N) is 2. The zero-order valence-electron chi connectivity index (χ0n) is 14.6. The number of nitrogens with zero attached hydrogens (tertiary/aromatic N) is 2. The summed E-state index contributed by atoms with van der Waals surface area (Å²) >= 11 is 0. The number of aliphatic hydroxyl groups is 1. The zero-order chi connectivity index (χ0) is 17.8. The van der Waals surface area contributed by atoms with Crippen LogP contribution in [0.1, 0.15) is 49.4 Å². The van der Waals surface area contributed by atoms with Crippen LogP contribution in [0.4, 0.5) is 11.8 Å². The first-order valence-corrected chi connectivity index (χ1v) is 8.98. The minimum Gasteiger partial charge on any atom is -0.393 e. The van der Waals surface area contributed by atoms with Gasteiger partial charge in [-0.2, -0.15) is 4.98 Å². The standard InChI is InChI=1S/C17H27N5O3/c1-10-2-3-12(8-14(10)23)20-16-13(15(18)24)9-19-17(22-16)21-11-4-6-25-7-5-11/h9-12,14,23H,2-8H2,1H3,(H2,18,24)(H2,19,20,21,22)/t10-,12?,14-/m1/s1. The van der Waals surface area contributed by atoms with Crippen LogP contribution in [0, 0.1) is 5.92 Å². The first-order chi connectivity index (χ1) is 12.0. The molecule has 138 valence electrons.